The van der Waals surface area contributed by atoms with Gasteiger partial charge in [-0.3, -0.25) is 0 Å². The second-order valence-corrected chi connectivity index (χ2v) is 4.55. The Morgan fingerprint density at radius 3 is 1.24 bits per heavy atom. The quantitative estimate of drug-likeness (QED) is 0.442. The van der Waals surface area contributed by atoms with Crippen LogP contribution in [0.2, 0.25) is 0 Å². The Morgan fingerprint density at radius 1 is 0.706 bits per heavy atom. The third kappa shape index (κ3) is 5.91. The molecule has 94 valence electrons. The molecule has 0 aromatic rings. The summed E-state index contributed by atoms with van der Waals surface area (Å²) in [7, 11) is 0. The molecule has 2 rings (SSSR count). The van der Waals surface area contributed by atoms with Crippen molar-refractivity contribution in [3.05, 3.63) is 60.4 Å². The molecule has 2 aliphatic carbocycles. The molecule has 0 saturated heterocycles. The normalized spacial score (nSPS) is 25.2. The van der Waals surface area contributed by atoms with Gasteiger partial charge in [0.05, 0.1) is 0 Å². The Balaban J connectivity index is 0.000000284. The van der Waals surface area contributed by atoms with Gasteiger partial charge >= 0.3 is 17.1 Å². The van der Waals surface area contributed by atoms with Gasteiger partial charge in [-0.15, -0.1) is 38.2 Å². The molecular formula is C16H22Fe. The molecule has 0 N–H and O–H groups in total. The molecule has 1 heteroatoms. The van der Waals surface area contributed by atoms with Crippen molar-refractivity contribution in [2.75, 3.05) is 0 Å². The molecule has 0 heterocycles. The van der Waals surface area contributed by atoms with E-state index in [1.165, 1.54) is 11.8 Å². The predicted octanol–water partition coefficient (Wildman–Crippen LogP) is 4.68. The Morgan fingerprint density at radius 2 is 1.06 bits per heavy atom. The predicted molar refractivity (Wildman–Crippen MR) is 72.7 cm³/mol. The van der Waals surface area contributed by atoms with E-state index in [1.54, 1.807) is 0 Å². The summed E-state index contributed by atoms with van der Waals surface area (Å²) in [6.07, 6.45) is 17.1. The zero-order chi connectivity index (χ0) is 12.0. The Bertz CT molecular complexity index is 245. The van der Waals surface area contributed by atoms with Gasteiger partial charge in [0.25, 0.3) is 0 Å². The fourth-order valence-electron chi connectivity index (χ4n) is 1.48. The summed E-state index contributed by atoms with van der Waals surface area (Å²) in [6, 6.07) is 0. The van der Waals surface area contributed by atoms with Crippen LogP contribution < -0.4 is 0 Å². The standard InChI is InChI=1S/2C8H11.Fe/c2*1-7-5-3-4-6-8(7)2;/h2*3-7H,1-2H3;/q2*-1;+2. The fraction of sp³-hybridized carbons (Fsp3) is 0.375. The minimum atomic E-state index is 0. The minimum absolute atomic E-state index is 0. The Kier molecular flexibility index (Phi) is 7.95. The Labute approximate surface area is 117 Å². The summed E-state index contributed by atoms with van der Waals surface area (Å²) >= 11 is 0. The maximum absolute atomic E-state index is 2.20. The van der Waals surface area contributed by atoms with Gasteiger partial charge in [0.15, 0.2) is 0 Å². The SMILES string of the molecule is C[C-]1C=CC=CC1C.C[C-]1C=CC=CC1C.[Fe+2]. The number of hydrogen-bond donors (Lipinski definition) is 0. The molecule has 0 aliphatic heterocycles. The first-order valence-electron chi connectivity index (χ1n) is 5.98. The van der Waals surface area contributed by atoms with E-state index in [1.807, 2.05) is 0 Å². The van der Waals surface area contributed by atoms with Crippen LogP contribution in [0.3, 0.4) is 0 Å². The third-order valence-electron chi connectivity index (χ3n) is 3.18. The summed E-state index contributed by atoms with van der Waals surface area (Å²) in [6.45, 7) is 8.72. The molecule has 0 aromatic carbocycles. The van der Waals surface area contributed by atoms with Gasteiger partial charge in [0.1, 0.15) is 0 Å². The van der Waals surface area contributed by atoms with Crippen LogP contribution >= 0.6 is 0 Å². The van der Waals surface area contributed by atoms with E-state index in [0.29, 0.717) is 11.8 Å². The summed E-state index contributed by atoms with van der Waals surface area (Å²) in [5.74, 6) is 4.21. The van der Waals surface area contributed by atoms with Crippen LogP contribution in [-0.4, -0.2) is 0 Å². The van der Waals surface area contributed by atoms with Crippen LogP contribution in [0.1, 0.15) is 27.7 Å². The molecule has 2 aliphatic rings. The Hall–Kier alpha value is -0.781. The van der Waals surface area contributed by atoms with Crippen LogP contribution in [0.5, 0.6) is 0 Å². The molecule has 0 radical (unpaired) electrons. The zero-order valence-corrected chi connectivity index (χ0v) is 12.2. The summed E-state index contributed by atoms with van der Waals surface area (Å²) in [5.41, 5.74) is 0. The van der Waals surface area contributed by atoms with E-state index < -0.39 is 0 Å². The van der Waals surface area contributed by atoms with Crippen LogP contribution in [0.15, 0.2) is 48.6 Å². The van der Waals surface area contributed by atoms with Crippen molar-refractivity contribution >= 4 is 0 Å². The van der Waals surface area contributed by atoms with Crippen molar-refractivity contribution in [1.29, 1.82) is 0 Å². The van der Waals surface area contributed by atoms with Crippen LogP contribution in [-0.2, 0) is 17.1 Å². The maximum atomic E-state index is 2.20. The third-order valence-corrected chi connectivity index (χ3v) is 3.18. The first-order valence-corrected chi connectivity index (χ1v) is 5.98. The van der Waals surface area contributed by atoms with Crippen molar-refractivity contribution in [2.45, 2.75) is 27.7 Å². The topological polar surface area (TPSA) is 0 Å². The van der Waals surface area contributed by atoms with Gasteiger partial charge in [-0.1, -0.05) is 25.7 Å². The van der Waals surface area contributed by atoms with Gasteiger partial charge in [0, 0.05) is 0 Å². The second-order valence-electron chi connectivity index (χ2n) is 4.55. The van der Waals surface area contributed by atoms with E-state index >= 15 is 0 Å². The van der Waals surface area contributed by atoms with Crippen molar-refractivity contribution < 1.29 is 17.1 Å². The number of rotatable bonds is 0. The van der Waals surface area contributed by atoms with Crippen LogP contribution in [0.25, 0.3) is 0 Å². The molecule has 2 unspecified atom stereocenters. The van der Waals surface area contributed by atoms with E-state index in [2.05, 4.69) is 76.3 Å². The first-order chi connectivity index (χ1) is 7.61. The molecule has 0 fully saturated rings. The van der Waals surface area contributed by atoms with Gasteiger partial charge in [-0.2, -0.15) is 0 Å². The smallest absolute Gasteiger partial charge is 0.225 e. The van der Waals surface area contributed by atoms with Crippen LogP contribution in [0, 0.1) is 23.7 Å². The van der Waals surface area contributed by atoms with Gasteiger partial charge in [-0.25, -0.2) is 36.1 Å². The average Bonchev–Trinajstić information content (AvgIpc) is 2.28. The monoisotopic (exact) mass is 270 g/mol. The molecule has 0 spiro atoms. The largest absolute Gasteiger partial charge is 2.00 e. The number of allylic oxidation sites excluding steroid dienone is 8. The van der Waals surface area contributed by atoms with E-state index in [0.717, 1.165) is 0 Å². The molecule has 2 atom stereocenters. The maximum Gasteiger partial charge on any atom is 2.00 e. The molecule has 0 aromatic heterocycles. The van der Waals surface area contributed by atoms with Crippen molar-refractivity contribution in [3.63, 3.8) is 0 Å². The average molecular weight is 270 g/mol. The van der Waals surface area contributed by atoms with E-state index in [9.17, 15) is 0 Å². The molecule has 0 nitrogen and oxygen atoms in total. The molecule has 0 saturated carbocycles. The number of hydrogen-bond acceptors (Lipinski definition) is 0. The van der Waals surface area contributed by atoms with Gasteiger partial charge in [-0.05, 0) is 0 Å². The van der Waals surface area contributed by atoms with E-state index in [4.69, 9.17) is 0 Å². The van der Waals surface area contributed by atoms with Crippen molar-refractivity contribution in [3.8, 4) is 0 Å². The van der Waals surface area contributed by atoms with Crippen LogP contribution in [0.4, 0.5) is 0 Å². The summed E-state index contributed by atoms with van der Waals surface area (Å²) in [4.78, 5) is 0. The summed E-state index contributed by atoms with van der Waals surface area (Å²) in [5, 5.41) is 0. The van der Waals surface area contributed by atoms with Crippen molar-refractivity contribution in [2.24, 2.45) is 11.8 Å². The van der Waals surface area contributed by atoms with Gasteiger partial charge in [0.2, 0.25) is 0 Å². The van der Waals surface area contributed by atoms with Crippen molar-refractivity contribution in [1.82, 2.24) is 0 Å². The molecule has 17 heavy (non-hydrogen) atoms. The molecular weight excluding hydrogens is 248 g/mol. The first kappa shape index (κ1) is 16.2. The summed E-state index contributed by atoms with van der Waals surface area (Å²) < 4.78 is 0. The molecule has 0 amide bonds. The fourth-order valence-corrected chi connectivity index (χ4v) is 1.48. The van der Waals surface area contributed by atoms with E-state index in [-0.39, 0.29) is 17.1 Å². The second kappa shape index (κ2) is 8.33. The minimum Gasteiger partial charge on any atom is -0.225 e. The van der Waals surface area contributed by atoms with Gasteiger partial charge < -0.3 is 0 Å². The molecule has 0 bridgehead atoms. The zero-order valence-electron chi connectivity index (χ0n) is 11.1.